The van der Waals surface area contributed by atoms with Gasteiger partial charge in [0.05, 0.1) is 0 Å². The van der Waals surface area contributed by atoms with Crippen LogP contribution < -0.4 is 0 Å². The van der Waals surface area contributed by atoms with E-state index in [1.807, 2.05) is 0 Å². The monoisotopic (exact) mass is 193 g/mol. The summed E-state index contributed by atoms with van der Waals surface area (Å²) in [6, 6.07) is 2.20. The minimum Gasteiger partial charge on any atom is -0.349 e. The maximum absolute atomic E-state index is 10.9. The van der Waals surface area contributed by atoms with Gasteiger partial charge in [-0.3, -0.25) is 0 Å². The lowest BCUT2D eigenvalue weighted by Gasteiger charge is -2.05. The fourth-order valence-corrected chi connectivity index (χ4v) is 1.92. The molecule has 0 saturated carbocycles. The molecule has 0 radical (unpaired) electrons. The third-order valence-electron chi connectivity index (χ3n) is 2.74. The van der Waals surface area contributed by atoms with E-state index in [0.29, 0.717) is 6.42 Å². The Kier molecular flexibility index (Phi) is 3.50. The molecule has 0 unspecified atom stereocenters. The average Bonchev–Trinajstić information content (AvgIpc) is 2.38. The van der Waals surface area contributed by atoms with Crippen molar-refractivity contribution < 1.29 is 4.79 Å². The Morgan fingerprint density at radius 2 is 2.07 bits per heavy atom. The fraction of sp³-hybridized carbons (Fsp3) is 0.583. The standard InChI is InChI=1S/C12H19NO/c1-5-13-9(2)8-12(11(13)4)7-6-10(3)14/h8H,5-7H2,1-4H3. The molecule has 1 rings (SSSR count). The Hall–Kier alpha value is -1.05. The maximum Gasteiger partial charge on any atom is 0.130 e. The van der Waals surface area contributed by atoms with E-state index in [-0.39, 0.29) is 5.78 Å². The van der Waals surface area contributed by atoms with Gasteiger partial charge in [0.15, 0.2) is 0 Å². The van der Waals surface area contributed by atoms with E-state index in [4.69, 9.17) is 0 Å². The number of Topliss-reactive ketones (excluding diaryl/α,β-unsaturated/α-hetero) is 1. The highest BCUT2D eigenvalue weighted by molar-refractivity contribution is 5.75. The van der Waals surface area contributed by atoms with Crippen molar-refractivity contribution in [3.63, 3.8) is 0 Å². The van der Waals surface area contributed by atoms with Crippen molar-refractivity contribution in [2.24, 2.45) is 0 Å². The van der Waals surface area contributed by atoms with Crippen LogP contribution in [0.4, 0.5) is 0 Å². The molecule has 0 fully saturated rings. The zero-order valence-electron chi connectivity index (χ0n) is 9.55. The van der Waals surface area contributed by atoms with Crippen LogP contribution >= 0.6 is 0 Å². The molecular weight excluding hydrogens is 174 g/mol. The fourth-order valence-electron chi connectivity index (χ4n) is 1.92. The molecule has 78 valence electrons. The maximum atomic E-state index is 10.9. The summed E-state index contributed by atoms with van der Waals surface area (Å²) in [7, 11) is 0. The number of nitrogens with zero attached hydrogens (tertiary/aromatic N) is 1. The van der Waals surface area contributed by atoms with E-state index in [1.54, 1.807) is 6.92 Å². The summed E-state index contributed by atoms with van der Waals surface area (Å²) in [5, 5.41) is 0. The van der Waals surface area contributed by atoms with E-state index in [2.05, 4.69) is 31.4 Å². The summed E-state index contributed by atoms with van der Waals surface area (Å²) in [5.41, 5.74) is 3.93. The van der Waals surface area contributed by atoms with Crippen molar-refractivity contribution >= 4 is 5.78 Å². The van der Waals surface area contributed by atoms with Gasteiger partial charge in [-0.05, 0) is 45.7 Å². The number of ketones is 1. The van der Waals surface area contributed by atoms with Crippen LogP contribution in [0.1, 0.15) is 37.2 Å². The molecule has 0 aliphatic heterocycles. The number of carbonyl (C=O) groups excluding carboxylic acids is 1. The highest BCUT2D eigenvalue weighted by atomic mass is 16.1. The zero-order chi connectivity index (χ0) is 10.7. The Labute approximate surface area is 85.9 Å². The molecule has 1 heterocycles. The van der Waals surface area contributed by atoms with Crippen molar-refractivity contribution in [1.29, 1.82) is 0 Å². The summed E-state index contributed by atoms with van der Waals surface area (Å²) in [5.74, 6) is 0.270. The molecule has 14 heavy (non-hydrogen) atoms. The van der Waals surface area contributed by atoms with Crippen LogP contribution in [0.3, 0.4) is 0 Å². The molecule has 1 aromatic heterocycles. The summed E-state index contributed by atoms with van der Waals surface area (Å²) in [6.07, 6.45) is 1.54. The Bertz CT molecular complexity index is 336. The summed E-state index contributed by atoms with van der Waals surface area (Å²) in [6.45, 7) is 9.06. The van der Waals surface area contributed by atoms with Crippen molar-refractivity contribution in [3.8, 4) is 0 Å². The Balaban J connectivity index is 2.83. The summed E-state index contributed by atoms with van der Waals surface area (Å²) >= 11 is 0. The first-order valence-electron chi connectivity index (χ1n) is 5.21. The van der Waals surface area contributed by atoms with Crippen LogP contribution in [0.25, 0.3) is 0 Å². The third kappa shape index (κ3) is 2.25. The molecule has 0 spiro atoms. The van der Waals surface area contributed by atoms with E-state index in [0.717, 1.165) is 13.0 Å². The van der Waals surface area contributed by atoms with Gasteiger partial charge in [0.1, 0.15) is 5.78 Å². The summed E-state index contributed by atoms with van der Waals surface area (Å²) < 4.78 is 2.29. The molecule has 0 aliphatic carbocycles. The largest absolute Gasteiger partial charge is 0.349 e. The van der Waals surface area contributed by atoms with Gasteiger partial charge in [0.25, 0.3) is 0 Å². The molecule has 0 N–H and O–H groups in total. The highest BCUT2D eigenvalue weighted by Gasteiger charge is 2.07. The van der Waals surface area contributed by atoms with Crippen molar-refractivity contribution in [2.45, 2.75) is 47.1 Å². The SMILES string of the molecule is CCn1c(C)cc(CCC(C)=O)c1C. The number of aromatic nitrogens is 1. The van der Waals surface area contributed by atoms with Crippen LogP contribution in [0.15, 0.2) is 6.07 Å². The van der Waals surface area contributed by atoms with Crippen LogP contribution in [0.5, 0.6) is 0 Å². The first-order chi connectivity index (χ1) is 6.56. The molecule has 0 saturated heterocycles. The number of hydrogen-bond donors (Lipinski definition) is 0. The van der Waals surface area contributed by atoms with E-state index >= 15 is 0 Å². The van der Waals surface area contributed by atoms with Gasteiger partial charge in [-0.2, -0.15) is 0 Å². The molecule has 0 atom stereocenters. The van der Waals surface area contributed by atoms with Crippen LogP contribution in [-0.4, -0.2) is 10.4 Å². The third-order valence-corrected chi connectivity index (χ3v) is 2.74. The second-order valence-electron chi connectivity index (χ2n) is 3.84. The lowest BCUT2D eigenvalue weighted by atomic mass is 10.1. The molecule has 2 nitrogen and oxygen atoms in total. The Morgan fingerprint density at radius 1 is 1.43 bits per heavy atom. The zero-order valence-corrected chi connectivity index (χ0v) is 9.55. The lowest BCUT2D eigenvalue weighted by molar-refractivity contribution is -0.116. The number of hydrogen-bond acceptors (Lipinski definition) is 1. The van der Waals surface area contributed by atoms with Gasteiger partial charge < -0.3 is 9.36 Å². The Morgan fingerprint density at radius 3 is 2.50 bits per heavy atom. The van der Waals surface area contributed by atoms with Gasteiger partial charge in [-0.15, -0.1) is 0 Å². The van der Waals surface area contributed by atoms with Crippen molar-refractivity contribution in [1.82, 2.24) is 4.57 Å². The number of rotatable bonds is 4. The van der Waals surface area contributed by atoms with Gasteiger partial charge >= 0.3 is 0 Å². The van der Waals surface area contributed by atoms with E-state index in [9.17, 15) is 4.79 Å². The lowest BCUT2D eigenvalue weighted by Crippen LogP contribution is -2.00. The molecule has 0 bridgehead atoms. The van der Waals surface area contributed by atoms with Gasteiger partial charge in [0, 0.05) is 24.4 Å². The predicted molar refractivity (Wildman–Crippen MR) is 58.6 cm³/mol. The topological polar surface area (TPSA) is 22.0 Å². The quantitative estimate of drug-likeness (QED) is 0.720. The molecule has 0 aromatic carbocycles. The van der Waals surface area contributed by atoms with Crippen LogP contribution in [0, 0.1) is 13.8 Å². The summed E-state index contributed by atoms with van der Waals surface area (Å²) in [4.78, 5) is 10.9. The highest BCUT2D eigenvalue weighted by Crippen LogP contribution is 2.16. The minimum atomic E-state index is 0.270. The normalized spacial score (nSPS) is 10.6. The van der Waals surface area contributed by atoms with Crippen molar-refractivity contribution in [3.05, 3.63) is 23.0 Å². The average molecular weight is 193 g/mol. The number of aryl methyl sites for hydroxylation is 2. The molecule has 2 heteroatoms. The first-order valence-corrected chi connectivity index (χ1v) is 5.21. The van der Waals surface area contributed by atoms with Gasteiger partial charge in [0.2, 0.25) is 0 Å². The predicted octanol–water partition coefficient (Wildman–Crippen LogP) is 2.65. The number of carbonyl (C=O) groups is 1. The van der Waals surface area contributed by atoms with Crippen LogP contribution in [-0.2, 0) is 17.8 Å². The van der Waals surface area contributed by atoms with Gasteiger partial charge in [-0.1, -0.05) is 0 Å². The molecule has 0 amide bonds. The molecule has 0 aliphatic rings. The van der Waals surface area contributed by atoms with Crippen molar-refractivity contribution in [2.75, 3.05) is 0 Å². The van der Waals surface area contributed by atoms with Gasteiger partial charge in [-0.25, -0.2) is 0 Å². The second kappa shape index (κ2) is 4.45. The first kappa shape index (κ1) is 11.0. The van der Waals surface area contributed by atoms with E-state index < -0.39 is 0 Å². The van der Waals surface area contributed by atoms with E-state index in [1.165, 1.54) is 17.0 Å². The molecule has 1 aromatic rings. The van der Waals surface area contributed by atoms with Crippen LogP contribution in [0.2, 0.25) is 0 Å². The smallest absolute Gasteiger partial charge is 0.130 e. The second-order valence-corrected chi connectivity index (χ2v) is 3.84. The molecular formula is C12H19NO. The minimum absolute atomic E-state index is 0.270.